The van der Waals surface area contributed by atoms with Crippen LogP contribution >= 0.6 is 0 Å². The molecule has 0 bridgehead atoms. The lowest BCUT2D eigenvalue weighted by atomic mass is 10.2. The van der Waals surface area contributed by atoms with Crippen molar-refractivity contribution < 1.29 is 13.9 Å². The van der Waals surface area contributed by atoms with Gasteiger partial charge in [-0.05, 0) is 11.6 Å². The van der Waals surface area contributed by atoms with E-state index < -0.39 is 18.1 Å². The fraction of sp³-hybridized carbons (Fsp3) is 0.100. The van der Waals surface area contributed by atoms with Crippen LogP contribution in [0.25, 0.3) is 17.1 Å². The van der Waals surface area contributed by atoms with E-state index in [1.54, 1.807) is 0 Å². The highest BCUT2D eigenvalue weighted by Gasteiger charge is 2.15. The minimum Gasteiger partial charge on any atom is -0.492 e. The van der Waals surface area contributed by atoms with Crippen LogP contribution in [0.1, 0.15) is 17.8 Å². The molecule has 16 heavy (non-hydrogen) atoms. The van der Waals surface area contributed by atoms with Crippen molar-refractivity contribution in [3.8, 4) is 5.88 Å². The van der Waals surface area contributed by atoms with Crippen LogP contribution in [-0.2, 0) is 0 Å². The molecule has 4 nitrogen and oxygen atoms in total. The second-order valence-corrected chi connectivity index (χ2v) is 3.05. The Labute approximate surface area is 89.3 Å². The smallest absolute Gasteiger partial charge is 0.297 e. The summed E-state index contributed by atoms with van der Waals surface area (Å²) in [4.78, 5) is 10.7. The lowest BCUT2D eigenvalue weighted by molar-refractivity contribution is 0.139. The quantitative estimate of drug-likeness (QED) is 0.848. The lowest BCUT2D eigenvalue weighted by Gasteiger charge is -2.03. The number of hydrogen-bond acceptors (Lipinski definition) is 4. The first-order chi connectivity index (χ1) is 7.61. The SMILES string of the molecule is C=Cc1cnc2c(O)nc(C(F)F)nc2c1. The average molecular weight is 223 g/mol. The first-order valence-electron chi connectivity index (χ1n) is 4.39. The molecule has 0 unspecified atom stereocenters. The van der Waals surface area contributed by atoms with Gasteiger partial charge in [-0.2, -0.15) is 4.98 Å². The van der Waals surface area contributed by atoms with E-state index in [2.05, 4.69) is 21.5 Å². The van der Waals surface area contributed by atoms with Gasteiger partial charge in [0.2, 0.25) is 5.88 Å². The van der Waals surface area contributed by atoms with Crippen molar-refractivity contribution >= 4 is 17.1 Å². The number of nitrogens with zero attached hydrogens (tertiary/aromatic N) is 3. The van der Waals surface area contributed by atoms with Crippen LogP contribution in [0, 0.1) is 0 Å². The molecule has 0 aliphatic rings. The van der Waals surface area contributed by atoms with Gasteiger partial charge < -0.3 is 5.11 Å². The predicted octanol–water partition coefficient (Wildman–Crippen LogP) is 2.31. The van der Waals surface area contributed by atoms with Crippen LogP contribution in [0.5, 0.6) is 5.88 Å². The number of aromatic hydroxyl groups is 1. The second kappa shape index (κ2) is 3.80. The Bertz CT molecular complexity index is 557. The molecule has 2 aromatic rings. The summed E-state index contributed by atoms with van der Waals surface area (Å²) >= 11 is 0. The van der Waals surface area contributed by atoms with Crippen molar-refractivity contribution in [2.24, 2.45) is 0 Å². The van der Waals surface area contributed by atoms with E-state index in [4.69, 9.17) is 0 Å². The molecular formula is C10H7F2N3O. The monoisotopic (exact) mass is 223 g/mol. The maximum atomic E-state index is 12.4. The van der Waals surface area contributed by atoms with E-state index in [9.17, 15) is 13.9 Å². The van der Waals surface area contributed by atoms with Crippen LogP contribution in [0.3, 0.4) is 0 Å². The number of alkyl halides is 2. The summed E-state index contributed by atoms with van der Waals surface area (Å²) in [6, 6.07) is 1.50. The van der Waals surface area contributed by atoms with Gasteiger partial charge in [0.1, 0.15) is 0 Å². The number of halogens is 2. The highest BCUT2D eigenvalue weighted by Crippen LogP contribution is 2.24. The second-order valence-electron chi connectivity index (χ2n) is 3.05. The number of fused-ring (bicyclic) bond motifs is 1. The summed E-state index contributed by atoms with van der Waals surface area (Å²) in [5.41, 5.74) is 0.890. The Morgan fingerprint density at radius 1 is 1.38 bits per heavy atom. The Balaban J connectivity index is 2.72. The van der Waals surface area contributed by atoms with Gasteiger partial charge in [0.15, 0.2) is 11.3 Å². The third kappa shape index (κ3) is 1.69. The molecule has 2 aromatic heterocycles. The minimum absolute atomic E-state index is 0.0926. The van der Waals surface area contributed by atoms with E-state index >= 15 is 0 Å². The zero-order chi connectivity index (χ0) is 11.7. The van der Waals surface area contributed by atoms with Crippen LogP contribution < -0.4 is 0 Å². The molecule has 0 spiro atoms. The summed E-state index contributed by atoms with van der Waals surface area (Å²) < 4.78 is 24.8. The topological polar surface area (TPSA) is 58.9 Å². The number of aromatic nitrogens is 3. The molecule has 0 aliphatic heterocycles. The fourth-order valence-electron chi connectivity index (χ4n) is 1.25. The summed E-state index contributed by atoms with van der Waals surface area (Å²) in [6.07, 6.45) is 0.122. The molecule has 2 rings (SSSR count). The molecule has 0 radical (unpaired) electrons. The standard InChI is InChI=1S/C10H7F2N3O/c1-2-5-3-6-7(13-4-5)10(16)15-9(14-6)8(11)12/h2-4,8H,1H2,(H,14,15,16). The fourth-order valence-corrected chi connectivity index (χ4v) is 1.25. The van der Waals surface area contributed by atoms with Gasteiger partial charge in [0.25, 0.3) is 6.43 Å². The van der Waals surface area contributed by atoms with Crippen molar-refractivity contribution in [1.29, 1.82) is 0 Å². The van der Waals surface area contributed by atoms with E-state index in [0.29, 0.717) is 5.56 Å². The third-order valence-corrected chi connectivity index (χ3v) is 1.99. The molecule has 0 aromatic carbocycles. The highest BCUT2D eigenvalue weighted by molar-refractivity contribution is 5.80. The van der Waals surface area contributed by atoms with Crippen molar-refractivity contribution in [2.75, 3.05) is 0 Å². The summed E-state index contributed by atoms with van der Waals surface area (Å²) in [5.74, 6) is -1.26. The molecule has 6 heteroatoms. The first-order valence-corrected chi connectivity index (χ1v) is 4.39. The Morgan fingerprint density at radius 3 is 2.75 bits per heavy atom. The lowest BCUT2D eigenvalue weighted by Crippen LogP contribution is -1.97. The molecule has 0 atom stereocenters. The van der Waals surface area contributed by atoms with Crippen molar-refractivity contribution in [1.82, 2.24) is 15.0 Å². The van der Waals surface area contributed by atoms with Gasteiger partial charge in [0, 0.05) is 6.20 Å². The maximum Gasteiger partial charge on any atom is 0.297 e. The Hall–Kier alpha value is -2.11. The Kier molecular flexibility index (Phi) is 2.47. The molecule has 0 amide bonds. The number of rotatable bonds is 2. The molecular weight excluding hydrogens is 216 g/mol. The number of pyridine rings is 1. The van der Waals surface area contributed by atoms with Crippen LogP contribution in [-0.4, -0.2) is 20.1 Å². The normalized spacial score (nSPS) is 10.9. The van der Waals surface area contributed by atoms with Crippen LogP contribution in [0.2, 0.25) is 0 Å². The van der Waals surface area contributed by atoms with Crippen molar-refractivity contribution in [3.05, 3.63) is 30.2 Å². The zero-order valence-corrected chi connectivity index (χ0v) is 8.06. The highest BCUT2D eigenvalue weighted by atomic mass is 19.3. The minimum atomic E-state index is -2.83. The molecule has 0 saturated carbocycles. The van der Waals surface area contributed by atoms with Crippen LogP contribution in [0.4, 0.5) is 8.78 Å². The molecule has 0 fully saturated rings. The van der Waals surface area contributed by atoms with Gasteiger partial charge in [-0.1, -0.05) is 12.7 Å². The number of hydrogen-bond donors (Lipinski definition) is 1. The third-order valence-electron chi connectivity index (χ3n) is 1.99. The van der Waals surface area contributed by atoms with Gasteiger partial charge in [-0.15, -0.1) is 0 Å². The van der Waals surface area contributed by atoms with E-state index in [1.807, 2.05) is 0 Å². The molecule has 0 aliphatic carbocycles. The van der Waals surface area contributed by atoms with E-state index in [-0.39, 0.29) is 11.0 Å². The van der Waals surface area contributed by atoms with Gasteiger partial charge in [0.05, 0.1) is 5.52 Å². The molecule has 0 saturated heterocycles. The zero-order valence-electron chi connectivity index (χ0n) is 8.06. The van der Waals surface area contributed by atoms with E-state index in [0.717, 1.165) is 0 Å². The molecule has 1 N–H and O–H groups in total. The average Bonchev–Trinajstić information content (AvgIpc) is 2.28. The van der Waals surface area contributed by atoms with Gasteiger partial charge in [-0.3, -0.25) is 0 Å². The Morgan fingerprint density at radius 2 is 2.12 bits per heavy atom. The van der Waals surface area contributed by atoms with Crippen LogP contribution in [0.15, 0.2) is 18.8 Å². The van der Waals surface area contributed by atoms with E-state index in [1.165, 1.54) is 18.3 Å². The largest absolute Gasteiger partial charge is 0.492 e. The molecule has 2 heterocycles. The van der Waals surface area contributed by atoms with Crippen molar-refractivity contribution in [2.45, 2.75) is 6.43 Å². The summed E-state index contributed by atoms with van der Waals surface area (Å²) in [5, 5.41) is 9.39. The van der Waals surface area contributed by atoms with Gasteiger partial charge in [-0.25, -0.2) is 18.7 Å². The molecule has 82 valence electrons. The maximum absolute atomic E-state index is 12.4. The first kappa shape index (κ1) is 10.4. The van der Waals surface area contributed by atoms with Gasteiger partial charge >= 0.3 is 0 Å². The summed E-state index contributed by atoms with van der Waals surface area (Å²) in [7, 11) is 0. The van der Waals surface area contributed by atoms with Crippen molar-refractivity contribution in [3.63, 3.8) is 0 Å². The summed E-state index contributed by atoms with van der Waals surface area (Å²) in [6.45, 7) is 3.52. The predicted molar refractivity (Wildman–Crippen MR) is 54.0 cm³/mol.